The maximum Gasteiger partial charge on any atom is 0.240 e. The minimum atomic E-state index is -3.43. The summed E-state index contributed by atoms with van der Waals surface area (Å²) >= 11 is 1.59. The van der Waals surface area contributed by atoms with Crippen LogP contribution < -0.4 is 9.46 Å². The number of benzene rings is 2. The fourth-order valence-electron chi connectivity index (χ4n) is 2.13. The maximum atomic E-state index is 12.2. The molecule has 0 radical (unpaired) electrons. The highest BCUT2D eigenvalue weighted by atomic mass is 32.2. The highest BCUT2D eigenvalue weighted by Gasteiger charge is 2.12. The standard InChI is InChI=1S/C17H21NO3S2/c1-21-15-7-5-14(6-8-15)4-3-13-18-23(19,20)17-11-9-16(22-2)10-12-17/h5-12,18H,3-4,13H2,1-2H3. The summed E-state index contributed by atoms with van der Waals surface area (Å²) in [7, 11) is -1.80. The molecule has 0 saturated heterocycles. The van der Waals surface area contributed by atoms with Gasteiger partial charge in [0.15, 0.2) is 0 Å². The summed E-state index contributed by atoms with van der Waals surface area (Å²) in [5.41, 5.74) is 1.16. The fraction of sp³-hybridized carbons (Fsp3) is 0.294. The molecule has 6 heteroatoms. The van der Waals surface area contributed by atoms with E-state index in [1.165, 1.54) is 0 Å². The lowest BCUT2D eigenvalue weighted by Crippen LogP contribution is -2.25. The fourth-order valence-corrected chi connectivity index (χ4v) is 3.61. The molecule has 2 aromatic carbocycles. The molecule has 0 aliphatic heterocycles. The Balaban J connectivity index is 1.84. The molecule has 0 bridgehead atoms. The van der Waals surface area contributed by atoms with Crippen LogP contribution in [0.15, 0.2) is 58.3 Å². The van der Waals surface area contributed by atoms with Crippen LogP contribution in [-0.4, -0.2) is 28.3 Å². The molecule has 0 aromatic heterocycles. The third-order valence-electron chi connectivity index (χ3n) is 3.46. The summed E-state index contributed by atoms with van der Waals surface area (Å²) < 4.78 is 32.1. The number of rotatable bonds is 8. The molecule has 0 heterocycles. The third-order valence-corrected chi connectivity index (χ3v) is 5.68. The summed E-state index contributed by atoms with van der Waals surface area (Å²) in [5, 5.41) is 0. The normalized spacial score (nSPS) is 11.4. The van der Waals surface area contributed by atoms with Crippen molar-refractivity contribution in [2.45, 2.75) is 22.6 Å². The van der Waals surface area contributed by atoms with Crippen LogP contribution in [0.3, 0.4) is 0 Å². The number of ether oxygens (including phenoxy) is 1. The first-order chi connectivity index (χ1) is 11.0. The van der Waals surface area contributed by atoms with E-state index in [1.54, 1.807) is 31.0 Å². The van der Waals surface area contributed by atoms with Crippen LogP contribution in [0.25, 0.3) is 0 Å². The number of aryl methyl sites for hydroxylation is 1. The van der Waals surface area contributed by atoms with Crippen LogP contribution >= 0.6 is 11.8 Å². The molecule has 2 aromatic rings. The molecule has 0 fully saturated rings. The van der Waals surface area contributed by atoms with Crippen molar-refractivity contribution in [3.8, 4) is 5.75 Å². The van der Waals surface area contributed by atoms with Gasteiger partial charge in [0.1, 0.15) is 5.75 Å². The minimum absolute atomic E-state index is 0.305. The molecular weight excluding hydrogens is 330 g/mol. The molecule has 4 nitrogen and oxygen atoms in total. The summed E-state index contributed by atoms with van der Waals surface area (Å²) in [6, 6.07) is 14.7. The van der Waals surface area contributed by atoms with Gasteiger partial charge in [0.25, 0.3) is 0 Å². The average Bonchev–Trinajstić information content (AvgIpc) is 2.59. The van der Waals surface area contributed by atoms with Crippen LogP contribution in [0.5, 0.6) is 5.75 Å². The second-order valence-corrected chi connectivity index (χ2v) is 7.67. The maximum absolute atomic E-state index is 12.2. The Morgan fingerprint density at radius 3 is 2.26 bits per heavy atom. The lowest BCUT2D eigenvalue weighted by Gasteiger charge is -2.08. The molecule has 0 amide bonds. The van der Waals surface area contributed by atoms with E-state index in [9.17, 15) is 8.42 Å². The van der Waals surface area contributed by atoms with Gasteiger partial charge in [-0.3, -0.25) is 0 Å². The Labute approximate surface area is 142 Å². The Hall–Kier alpha value is -1.50. The van der Waals surface area contributed by atoms with Crippen LogP contribution in [-0.2, 0) is 16.4 Å². The van der Waals surface area contributed by atoms with Crippen molar-refractivity contribution in [1.82, 2.24) is 4.72 Å². The predicted octanol–water partition coefficient (Wildman–Crippen LogP) is 3.33. The number of sulfonamides is 1. The van der Waals surface area contributed by atoms with Gasteiger partial charge in [0, 0.05) is 11.4 Å². The molecule has 1 N–H and O–H groups in total. The van der Waals surface area contributed by atoms with Crippen molar-refractivity contribution < 1.29 is 13.2 Å². The van der Waals surface area contributed by atoms with Crippen molar-refractivity contribution in [1.29, 1.82) is 0 Å². The van der Waals surface area contributed by atoms with E-state index in [-0.39, 0.29) is 0 Å². The molecule has 0 saturated carbocycles. The van der Waals surface area contributed by atoms with Crippen molar-refractivity contribution >= 4 is 21.8 Å². The minimum Gasteiger partial charge on any atom is -0.497 e. The molecule has 124 valence electrons. The highest BCUT2D eigenvalue weighted by molar-refractivity contribution is 7.98. The summed E-state index contributed by atoms with van der Waals surface area (Å²) in [6.07, 6.45) is 3.52. The molecule has 23 heavy (non-hydrogen) atoms. The van der Waals surface area contributed by atoms with E-state index in [0.717, 1.165) is 29.1 Å². The molecule has 0 aliphatic carbocycles. The number of nitrogens with one attached hydrogen (secondary N) is 1. The number of hydrogen-bond donors (Lipinski definition) is 1. The van der Waals surface area contributed by atoms with Crippen LogP contribution in [0.2, 0.25) is 0 Å². The third kappa shape index (κ3) is 5.27. The van der Waals surface area contributed by atoms with Gasteiger partial charge in [-0.05, 0) is 61.1 Å². The monoisotopic (exact) mass is 351 g/mol. The van der Waals surface area contributed by atoms with Crippen LogP contribution in [0, 0.1) is 0 Å². The van der Waals surface area contributed by atoms with Crippen LogP contribution in [0.1, 0.15) is 12.0 Å². The molecule has 2 rings (SSSR count). The zero-order chi connectivity index (χ0) is 16.7. The Morgan fingerprint density at radius 2 is 1.70 bits per heavy atom. The number of methoxy groups -OCH3 is 1. The second kappa shape index (κ2) is 8.38. The Morgan fingerprint density at radius 1 is 1.04 bits per heavy atom. The number of hydrogen-bond acceptors (Lipinski definition) is 4. The quantitative estimate of drug-likeness (QED) is 0.585. The zero-order valence-corrected chi connectivity index (χ0v) is 14.9. The van der Waals surface area contributed by atoms with Gasteiger partial charge in [0.05, 0.1) is 12.0 Å². The summed E-state index contributed by atoms with van der Waals surface area (Å²) in [6.45, 7) is 0.415. The average molecular weight is 351 g/mol. The predicted molar refractivity (Wildman–Crippen MR) is 94.7 cm³/mol. The molecule has 0 unspecified atom stereocenters. The van der Waals surface area contributed by atoms with Gasteiger partial charge in [-0.25, -0.2) is 13.1 Å². The van der Waals surface area contributed by atoms with E-state index >= 15 is 0 Å². The largest absolute Gasteiger partial charge is 0.497 e. The lowest BCUT2D eigenvalue weighted by molar-refractivity contribution is 0.414. The molecule has 0 spiro atoms. The first-order valence-electron chi connectivity index (χ1n) is 7.32. The van der Waals surface area contributed by atoms with E-state index in [4.69, 9.17) is 4.74 Å². The highest BCUT2D eigenvalue weighted by Crippen LogP contribution is 2.17. The van der Waals surface area contributed by atoms with E-state index in [1.807, 2.05) is 42.7 Å². The van der Waals surface area contributed by atoms with Gasteiger partial charge in [-0.2, -0.15) is 0 Å². The first-order valence-corrected chi connectivity index (χ1v) is 10.0. The van der Waals surface area contributed by atoms with Gasteiger partial charge < -0.3 is 4.74 Å². The van der Waals surface area contributed by atoms with Gasteiger partial charge in [-0.15, -0.1) is 11.8 Å². The van der Waals surface area contributed by atoms with Crippen LogP contribution in [0.4, 0.5) is 0 Å². The SMILES string of the molecule is COc1ccc(CCCNS(=O)(=O)c2ccc(SC)cc2)cc1. The van der Waals surface area contributed by atoms with Crippen molar-refractivity contribution in [2.75, 3.05) is 19.9 Å². The molecular formula is C17H21NO3S2. The van der Waals surface area contributed by atoms with Gasteiger partial charge in [-0.1, -0.05) is 12.1 Å². The second-order valence-electron chi connectivity index (χ2n) is 5.02. The first kappa shape index (κ1) is 17.8. The zero-order valence-electron chi connectivity index (χ0n) is 13.3. The molecule has 0 aliphatic rings. The summed E-state index contributed by atoms with van der Waals surface area (Å²) in [4.78, 5) is 1.35. The van der Waals surface area contributed by atoms with Gasteiger partial charge in [0.2, 0.25) is 10.0 Å². The smallest absolute Gasteiger partial charge is 0.240 e. The van der Waals surface area contributed by atoms with Gasteiger partial charge >= 0.3 is 0 Å². The summed E-state index contributed by atoms with van der Waals surface area (Å²) in [5.74, 6) is 0.822. The Bertz CT molecular complexity index is 711. The van der Waals surface area contributed by atoms with E-state index in [0.29, 0.717) is 11.4 Å². The van der Waals surface area contributed by atoms with Crippen molar-refractivity contribution in [3.05, 3.63) is 54.1 Å². The number of thioether (sulfide) groups is 1. The topological polar surface area (TPSA) is 55.4 Å². The lowest BCUT2D eigenvalue weighted by atomic mass is 10.1. The van der Waals surface area contributed by atoms with E-state index in [2.05, 4.69) is 4.72 Å². The van der Waals surface area contributed by atoms with Crippen molar-refractivity contribution in [2.24, 2.45) is 0 Å². The van der Waals surface area contributed by atoms with Crippen molar-refractivity contribution in [3.63, 3.8) is 0 Å². The Kier molecular flexibility index (Phi) is 6.50. The molecule has 0 atom stereocenters. The van der Waals surface area contributed by atoms with E-state index < -0.39 is 10.0 Å².